The number of carbonyl (C=O) groups excluding carboxylic acids is 2. The second-order valence-corrected chi connectivity index (χ2v) is 9.83. The molecule has 4 aromatic rings. The molecule has 0 radical (unpaired) electrons. The van der Waals surface area contributed by atoms with Crippen LogP contribution >= 0.6 is 0 Å². The fourth-order valence-corrected chi connectivity index (χ4v) is 5.24. The van der Waals surface area contributed by atoms with Crippen LogP contribution in [0.3, 0.4) is 0 Å². The number of likely N-dealkylation sites (N-methyl/N-ethyl adjacent to an activating group) is 1. The van der Waals surface area contributed by atoms with Crippen LogP contribution in [0.4, 0.5) is 5.69 Å². The first-order valence-electron chi connectivity index (χ1n) is 13.3. The molecule has 0 saturated carbocycles. The number of nitrogens with zero attached hydrogens (tertiary/aromatic N) is 1. The Bertz CT molecular complexity index is 1670. The number of H-pyrrole nitrogens is 2. The third kappa shape index (κ3) is 5.03. The Morgan fingerprint density at radius 1 is 1.00 bits per heavy atom. The monoisotopic (exact) mass is 523 g/mol. The maximum absolute atomic E-state index is 13.0. The minimum atomic E-state index is -0.200. The maximum Gasteiger partial charge on any atom is 0.256 e. The van der Waals surface area contributed by atoms with Gasteiger partial charge >= 0.3 is 0 Å². The molecule has 2 aromatic carbocycles. The molecule has 0 spiro atoms. The van der Waals surface area contributed by atoms with Crippen molar-refractivity contribution in [2.75, 3.05) is 31.5 Å². The first-order chi connectivity index (χ1) is 18.8. The lowest BCUT2D eigenvalue weighted by Gasteiger charge is -2.18. The van der Waals surface area contributed by atoms with Crippen molar-refractivity contribution < 1.29 is 9.59 Å². The van der Waals surface area contributed by atoms with E-state index >= 15 is 0 Å². The molecule has 8 nitrogen and oxygen atoms in total. The van der Waals surface area contributed by atoms with Gasteiger partial charge in [0.15, 0.2) is 0 Å². The van der Waals surface area contributed by atoms with Crippen LogP contribution in [0.5, 0.6) is 0 Å². The summed E-state index contributed by atoms with van der Waals surface area (Å²) in [6.45, 7) is 11.2. The molecule has 0 aliphatic carbocycles. The molecule has 1 aliphatic heterocycles. The van der Waals surface area contributed by atoms with E-state index in [9.17, 15) is 14.4 Å². The summed E-state index contributed by atoms with van der Waals surface area (Å²) in [6, 6.07) is 13.4. The minimum Gasteiger partial charge on any atom is -0.358 e. The minimum absolute atomic E-state index is 0.117. The smallest absolute Gasteiger partial charge is 0.256 e. The number of hydrogen-bond acceptors (Lipinski definition) is 4. The third-order valence-electron chi connectivity index (χ3n) is 7.51. The fraction of sp³-hybridized carbons (Fsp3) is 0.258. The fourth-order valence-electron chi connectivity index (χ4n) is 5.24. The average molecular weight is 524 g/mol. The van der Waals surface area contributed by atoms with Gasteiger partial charge < -0.3 is 25.5 Å². The van der Waals surface area contributed by atoms with Crippen molar-refractivity contribution in [3.8, 4) is 11.1 Å². The van der Waals surface area contributed by atoms with Gasteiger partial charge in [-0.3, -0.25) is 14.4 Å². The van der Waals surface area contributed by atoms with Gasteiger partial charge in [-0.25, -0.2) is 0 Å². The lowest BCUT2D eigenvalue weighted by Crippen LogP contribution is -2.35. The summed E-state index contributed by atoms with van der Waals surface area (Å²) in [5.41, 5.74) is 6.60. The van der Waals surface area contributed by atoms with E-state index in [1.165, 1.54) is 0 Å². The van der Waals surface area contributed by atoms with Crippen molar-refractivity contribution >= 4 is 39.9 Å². The van der Waals surface area contributed by atoms with Crippen LogP contribution in [0.2, 0.25) is 0 Å². The third-order valence-corrected chi connectivity index (χ3v) is 7.51. The van der Waals surface area contributed by atoms with Crippen molar-refractivity contribution in [3.05, 3.63) is 87.1 Å². The first-order valence-corrected chi connectivity index (χ1v) is 13.3. The van der Waals surface area contributed by atoms with Gasteiger partial charge in [-0.15, -0.1) is 0 Å². The number of rotatable bonds is 8. The molecule has 0 fully saturated rings. The Morgan fingerprint density at radius 3 is 2.51 bits per heavy atom. The number of benzene rings is 2. The number of anilines is 1. The molecular formula is C31H33N5O3. The average Bonchev–Trinajstić information content (AvgIpc) is 3.40. The van der Waals surface area contributed by atoms with Crippen LogP contribution in [0.15, 0.2) is 53.5 Å². The zero-order chi connectivity index (χ0) is 27.7. The summed E-state index contributed by atoms with van der Waals surface area (Å²) < 4.78 is 0. The van der Waals surface area contributed by atoms with Gasteiger partial charge in [-0.05, 0) is 73.3 Å². The van der Waals surface area contributed by atoms with Gasteiger partial charge in [0.1, 0.15) is 0 Å². The predicted octanol–water partition coefficient (Wildman–Crippen LogP) is 4.70. The van der Waals surface area contributed by atoms with E-state index in [1.54, 1.807) is 6.20 Å². The molecule has 0 saturated heterocycles. The molecule has 200 valence electrons. The lowest BCUT2D eigenvalue weighted by atomic mass is 9.98. The molecule has 8 heteroatoms. The molecule has 0 bridgehead atoms. The summed E-state index contributed by atoms with van der Waals surface area (Å²) in [6.07, 6.45) is 3.45. The molecule has 2 aromatic heterocycles. The highest BCUT2D eigenvalue weighted by Gasteiger charge is 2.26. The van der Waals surface area contributed by atoms with Gasteiger partial charge in [0.25, 0.3) is 17.4 Å². The van der Waals surface area contributed by atoms with Crippen molar-refractivity contribution in [2.24, 2.45) is 0 Å². The van der Waals surface area contributed by atoms with Gasteiger partial charge in [-0.2, -0.15) is 0 Å². The van der Waals surface area contributed by atoms with Crippen molar-refractivity contribution in [1.82, 2.24) is 20.2 Å². The van der Waals surface area contributed by atoms with Crippen molar-refractivity contribution in [1.29, 1.82) is 0 Å². The number of amides is 2. The van der Waals surface area contributed by atoms with E-state index in [0.29, 0.717) is 28.8 Å². The van der Waals surface area contributed by atoms with Crippen LogP contribution < -0.4 is 16.2 Å². The Hall–Kier alpha value is -4.43. The second kappa shape index (κ2) is 10.7. The standard InChI is InChI=1S/C31H33N5O3/c1-5-36(6-2)14-13-33-31(39)28-18(3)26(34-19(28)4)17-25-23-10-9-22(16-27(23)35-30(25)38)21-8-7-20-11-12-32-29(37)24(20)15-21/h7-12,15-17,34H,5-6,13-14H2,1-4H3,(H,32,37)(H,33,39)(H,35,38)/b25-17-. The summed E-state index contributed by atoms with van der Waals surface area (Å²) in [4.78, 5) is 46.5. The number of hydrogen-bond donors (Lipinski definition) is 4. The van der Waals surface area contributed by atoms with Gasteiger partial charge in [0, 0.05) is 47.3 Å². The maximum atomic E-state index is 13.0. The largest absolute Gasteiger partial charge is 0.358 e. The topological polar surface area (TPSA) is 110 Å². The SMILES string of the molecule is CCN(CC)CCNC(=O)c1c(C)[nH]c(/C=C2\C(=O)Nc3cc(-c4ccc5cc[nH]c(=O)c5c4)ccc32)c1C. The summed E-state index contributed by atoms with van der Waals surface area (Å²) in [7, 11) is 0. The van der Waals surface area contributed by atoms with Gasteiger partial charge in [0.2, 0.25) is 0 Å². The Labute approximate surface area is 227 Å². The number of pyridine rings is 1. The highest BCUT2D eigenvalue weighted by Crippen LogP contribution is 2.37. The van der Waals surface area contributed by atoms with Crippen LogP contribution in [0.25, 0.3) is 33.5 Å². The molecule has 2 amide bonds. The van der Waals surface area contributed by atoms with Crippen LogP contribution in [0.1, 0.15) is 46.7 Å². The highest BCUT2D eigenvalue weighted by atomic mass is 16.2. The normalized spacial score (nSPS) is 13.8. The first kappa shape index (κ1) is 26.2. The predicted molar refractivity (Wildman–Crippen MR) is 157 cm³/mol. The quantitative estimate of drug-likeness (QED) is 0.251. The summed E-state index contributed by atoms with van der Waals surface area (Å²) >= 11 is 0. The van der Waals surface area contributed by atoms with E-state index in [4.69, 9.17) is 0 Å². The van der Waals surface area contributed by atoms with Crippen molar-refractivity contribution in [3.63, 3.8) is 0 Å². The van der Waals surface area contributed by atoms with Crippen LogP contribution in [-0.4, -0.2) is 52.9 Å². The molecule has 3 heterocycles. The number of carbonyl (C=O) groups is 2. The van der Waals surface area contributed by atoms with E-state index in [-0.39, 0.29) is 17.4 Å². The van der Waals surface area contributed by atoms with E-state index in [2.05, 4.69) is 39.3 Å². The summed E-state index contributed by atoms with van der Waals surface area (Å²) in [5, 5.41) is 7.48. The molecule has 0 unspecified atom stereocenters. The Kier molecular flexibility index (Phi) is 7.21. The number of aromatic nitrogens is 2. The van der Waals surface area contributed by atoms with E-state index in [0.717, 1.165) is 58.7 Å². The number of fused-ring (bicyclic) bond motifs is 2. The highest BCUT2D eigenvalue weighted by molar-refractivity contribution is 6.35. The van der Waals surface area contributed by atoms with Crippen LogP contribution in [-0.2, 0) is 4.79 Å². The Balaban J connectivity index is 1.41. The summed E-state index contributed by atoms with van der Waals surface area (Å²) in [5.74, 6) is -0.317. The lowest BCUT2D eigenvalue weighted by molar-refractivity contribution is -0.110. The van der Waals surface area contributed by atoms with E-state index in [1.807, 2.05) is 62.4 Å². The van der Waals surface area contributed by atoms with Crippen molar-refractivity contribution in [2.45, 2.75) is 27.7 Å². The molecule has 39 heavy (non-hydrogen) atoms. The molecule has 4 N–H and O–H groups in total. The second-order valence-electron chi connectivity index (χ2n) is 9.83. The Morgan fingerprint density at radius 2 is 1.74 bits per heavy atom. The zero-order valence-electron chi connectivity index (χ0n) is 22.7. The molecule has 5 rings (SSSR count). The number of aromatic amines is 2. The zero-order valence-corrected chi connectivity index (χ0v) is 22.7. The van der Waals surface area contributed by atoms with E-state index < -0.39 is 0 Å². The number of nitrogens with one attached hydrogen (secondary N) is 4. The van der Waals surface area contributed by atoms with Gasteiger partial charge in [0.05, 0.1) is 11.1 Å². The molecule has 1 aliphatic rings. The molecule has 0 atom stereocenters. The van der Waals surface area contributed by atoms with Crippen LogP contribution in [0, 0.1) is 13.8 Å². The number of aryl methyl sites for hydroxylation is 1. The van der Waals surface area contributed by atoms with Gasteiger partial charge in [-0.1, -0.05) is 38.1 Å². The molecular weight excluding hydrogens is 490 g/mol.